The Morgan fingerprint density at radius 1 is 1.11 bits per heavy atom. The molecule has 0 radical (unpaired) electrons. The summed E-state index contributed by atoms with van der Waals surface area (Å²) in [4.78, 5) is 0. The summed E-state index contributed by atoms with van der Waals surface area (Å²) in [6.45, 7) is 4.32. The van der Waals surface area contributed by atoms with Crippen molar-refractivity contribution < 1.29 is 9.52 Å². The van der Waals surface area contributed by atoms with Crippen LogP contribution in [-0.2, 0) is 0 Å². The van der Waals surface area contributed by atoms with E-state index in [0.29, 0.717) is 11.7 Å². The molecule has 2 aromatic rings. The van der Waals surface area contributed by atoms with Gasteiger partial charge in [0.25, 0.3) is 0 Å². The molecule has 2 rings (SSSR count). The molecule has 0 amide bonds. The van der Waals surface area contributed by atoms with Crippen LogP contribution in [0.1, 0.15) is 43.6 Å². The molecule has 0 fully saturated rings. The Balaban J connectivity index is 2.31. The van der Waals surface area contributed by atoms with Crippen LogP contribution in [0.25, 0.3) is 0 Å². The lowest BCUT2D eigenvalue weighted by Gasteiger charge is -2.27. The van der Waals surface area contributed by atoms with E-state index in [-0.39, 0.29) is 5.92 Å². The van der Waals surface area contributed by atoms with Gasteiger partial charge < -0.3 is 9.52 Å². The minimum absolute atomic E-state index is 0.0716. The van der Waals surface area contributed by atoms with Crippen molar-refractivity contribution in [2.24, 2.45) is 5.92 Å². The zero-order valence-corrected chi connectivity index (χ0v) is 10.9. The maximum absolute atomic E-state index is 10.5. The van der Waals surface area contributed by atoms with Crippen LogP contribution in [0.3, 0.4) is 0 Å². The van der Waals surface area contributed by atoms with Crippen molar-refractivity contribution >= 4 is 0 Å². The highest BCUT2D eigenvalue weighted by Crippen LogP contribution is 2.38. The van der Waals surface area contributed by atoms with Crippen molar-refractivity contribution in [1.82, 2.24) is 0 Å². The van der Waals surface area contributed by atoms with E-state index in [0.717, 1.165) is 12.0 Å². The summed E-state index contributed by atoms with van der Waals surface area (Å²) in [6, 6.07) is 13.8. The van der Waals surface area contributed by atoms with E-state index < -0.39 is 6.10 Å². The summed E-state index contributed by atoms with van der Waals surface area (Å²) >= 11 is 0. The molecule has 1 N–H and O–H groups in total. The van der Waals surface area contributed by atoms with Crippen LogP contribution in [0.2, 0.25) is 0 Å². The number of rotatable bonds is 5. The summed E-state index contributed by atoms with van der Waals surface area (Å²) in [5.74, 6) is 1.11. The maximum Gasteiger partial charge on any atom is 0.132 e. The molecule has 0 spiro atoms. The molecule has 1 aromatic carbocycles. The average molecular weight is 244 g/mol. The molecule has 0 aliphatic rings. The van der Waals surface area contributed by atoms with Gasteiger partial charge in [-0.2, -0.15) is 0 Å². The molecule has 18 heavy (non-hydrogen) atoms. The highest BCUT2D eigenvalue weighted by molar-refractivity contribution is 5.23. The van der Waals surface area contributed by atoms with Gasteiger partial charge in [0.2, 0.25) is 0 Å². The fourth-order valence-corrected chi connectivity index (χ4v) is 2.39. The van der Waals surface area contributed by atoms with Crippen LogP contribution in [0, 0.1) is 5.92 Å². The highest BCUT2D eigenvalue weighted by Gasteiger charge is 2.28. The smallest absolute Gasteiger partial charge is 0.132 e. The topological polar surface area (TPSA) is 33.4 Å². The largest absolute Gasteiger partial charge is 0.467 e. The van der Waals surface area contributed by atoms with Gasteiger partial charge in [0.1, 0.15) is 11.9 Å². The van der Waals surface area contributed by atoms with Gasteiger partial charge in [0.05, 0.1) is 6.26 Å². The Morgan fingerprint density at radius 2 is 1.83 bits per heavy atom. The molecule has 0 aliphatic heterocycles. The van der Waals surface area contributed by atoms with Crippen LogP contribution in [0.15, 0.2) is 53.1 Å². The molecule has 0 bridgehead atoms. The van der Waals surface area contributed by atoms with Gasteiger partial charge in [-0.25, -0.2) is 0 Å². The van der Waals surface area contributed by atoms with Crippen molar-refractivity contribution in [3.63, 3.8) is 0 Å². The summed E-state index contributed by atoms with van der Waals surface area (Å²) in [5, 5.41) is 10.5. The minimum atomic E-state index is -0.586. The highest BCUT2D eigenvalue weighted by atomic mass is 16.4. The first kappa shape index (κ1) is 12.9. The van der Waals surface area contributed by atoms with Crippen molar-refractivity contribution in [3.05, 3.63) is 60.1 Å². The number of aliphatic hydroxyl groups excluding tert-OH is 1. The molecule has 3 unspecified atom stereocenters. The lowest BCUT2D eigenvalue weighted by Crippen LogP contribution is -2.17. The number of hydrogen-bond acceptors (Lipinski definition) is 2. The van der Waals surface area contributed by atoms with Crippen molar-refractivity contribution in [3.8, 4) is 0 Å². The van der Waals surface area contributed by atoms with Gasteiger partial charge in [-0.05, 0) is 23.6 Å². The summed E-state index contributed by atoms with van der Waals surface area (Å²) in [7, 11) is 0. The van der Waals surface area contributed by atoms with Crippen LogP contribution >= 0.6 is 0 Å². The van der Waals surface area contributed by atoms with Crippen LogP contribution in [-0.4, -0.2) is 5.11 Å². The molecular weight excluding hydrogens is 224 g/mol. The molecule has 3 atom stereocenters. The van der Waals surface area contributed by atoms with Gasteiger partial charge in [-0.3, -0.25) is 0 Å². The Hall–Kier alpha value is -1.54. The first-order valence-electron chi connectivity index (χ1n) is 6.50. The fraction of sp³-hybridized carbons (Fsp3) is 0.375. The molecule has 96 valence electrons. The molecular formula is C16H20O2. The summed E-state index contributed by atoms with van der Waals surface area (Å²) < 4.78 is 5.34. The van der Waals surface area contributed by atoms with Gasteiger partial charge in [0, 0.05) is 5.92 Å². The Morgan fingerprint density at radius 3 is 2.39 bits per heavy atom. The number of furan rings is 1. The minimum Gasteiger partial charge on any atom is -0.467 e. The van der Waals surface area contributed by atoms with E-state index in [4.69, 9.17) is 4.42 Å². The molecule has 0 saturated heterocycles. The SMILES string of the molecule is CCC(C)C(c1ccccc1)C(O)c1ccco1. The summed E-state index contributed by atoms with van der Waals surface area (Å²) in [5.41, 5.74) is 1.16. The van der Waals surface area contributed by atoms with Gasteiger partial charge >= 0.3 is 0 Å². The van der Waals surface area contributed by atoms with E-state index in [1.54, 1.807) is 6.26 Å². The van der Waals surface area contributed by atoms with Gasteiger partial charge in [-0.1, -0.05) is 50.6 Å². The second-order valence-electron chi connectivity index (χ2n) is 4.78. The van der Waals surface area contributed by atoms with Crippen molar-refractivity contribution in [2.45, 2.75) is 32.3 Å². The molecule has 1 heterocycles. The lowest BCUT2D eigenvalue weighted by molar-refractivity contribution is 0.0956. The number of hydrogen-bond donors (Lipinski definition) is 1. The third-order valence-corrected chi connectivity index (χ3v) is 3.62. The average Bonchev–Trinajstić information content (AvgIpc) is 2.94. The molecule has 0 saturated carbocycles. The van der Waals surface area contributed by atoms with Crippen molar-refractivity contribution in [1.29, 1.82) is 0 Å². The first-order chi connectivity index (χ1) is 8.74. The third kappa shape index (κ3) is 2.65. The Labute approximate surface area is 108 Å². The quantitative estimate of drug-likeness (QED) is 0.857. The molecule has 0 aliphatic carbocycles. The third-order valence-electron chi connectivity index (χ3n) is 3.62. The van der Waals surface area contributed by atoms with E-state index in [1.807, 2.05) is 30.3 Å². The standard InChI is InChI=1S/C16H20O2/c1-3-12(2)15(13-8-5-4-6-9-13)16(17)14-10-7-11-18-14/h4-12,15-17H,3H2,1-2H3. The normalized spacial score (nSPS) is 16.2. The molecule has 1 aromatic heterocycles. The second-order valence-corrected chi connectivity index (χ2v) is 4.78. The first-order valence-corrected chi connectivity index (χ1v) is 6.50. The van der Waals surface area contributed by atoms with E-state index in [9.17, 15) is 5.11 Å². The zero-order valence-electron chi connectivity index (χ0n) is 10.9. The van der Waals surface area contributed by atoms with E-state index in [1.165, 1.54) is 0 Å². The molecule has 2 nitrogen and oxygen atoms in total. The fourth-order valence-electron chi connectivity index (χ4n) is 2.39. The Kier molecular flexibility index (Phi) is 4.21. The Bertz CT molecular complexity index is 447. The molecule has 2 heteroatoms. The summed E-state index contributed by atoms with van der Waals surface area (Å²) in [6.07, 6.45) is 2.05. The van der Waals surface area contributed by atoms with E-state index in [2.05, 4.69) is 26.0 Å². The predicted octanol–water partition coefficient (Wildman–Crippen LogP) is 4.14. The van der Waals surface area contributed by atoms with Crippen LogP contribution in [0.5, 0.6) is 0 Å². The monoisotopic (exact) mass is 244 g/mol. The zero-order chi connectivity index (χ0) is 13.0. The van der Waals surface area contributed by atoms with Gasteiger partial charge in [-0.15, -0.1) is 0 Å². The maximum atomic E-state index is 10.5. The number of aliphatic hydroxyl groups is 1. The van der Waals surface area contributed by atoms with Crippen LogP contribution < -0.4 is 0 Å². The van der Waals surface area contributed by atoms with Crippen molar-refractivity contribution in [2.75, 3.05) is 0 Å². The van der Waals surface area contributed by atoms with Crippen LogP contribution in [0.4, 0.5) is 0 Å². The number of benzene rings is 1. The second kappa shape index (κ2) is 5.87. The predicted molar refractivity (Wildman–Crippen MR) is 72.3 cm³/mol. The lowest BCUT2D eigenvalue weighted by atomic mass is 9.81. The van der Waals surface area contributed by atoms with Gasteiger partial charge in [0.15, 0.2) is 0 Å². The van der Waals surface area contributed by atoms with E-state index >= 15 is 0 Å².